The number of nitrogens with two attached hydrogens (primary N) is 1. The Hall–Kier alpha value is -3.32. The lowest BCUT2D eigenvalue weighted by atomic mass is 10.1. The number of anilines is 2. The van der Waals surface area contributed by atoms with E-state index in [2.05, 4.69) is 4.72 Å². The van der Waals surface area contributed by atoms with Crippen molar-refractivity contribution in [1.82, 2.24) is 0 Å². The maximum Gasteiger partial charge on any atom is 0.295 e. The summed E-state index contributed by atoms with van der Waals surface area (Å²) in [5.74, 6) is 0. The number of hydrogen-bond donors (Lipinski definition) is 5. The van der Waals surface area contributed by atoms with Crippen molar-refractivity contribution in [1.29, 1.82) is 0 Å². The van der Waals surface area contributed by atoms with Gasteiger partial charge in [-0.15, -0.1) is 0 Å². The molecule has 0 unspecified atom stereocenters. The molecule has 0 spiro atoms. The number of benzene rings is 4. The van der Waals surface area contributed by atoms with Crippen molar-refractivity contribution in [3.05, 3.63) is 60.7 Å². The van der Waals surface area contributed by atoms with Gasteiger partial charge in [-0.25, -0.2) is 8.42 Å². The molecule has 0 saturated heterocycles. The summed E-state index contributed by atoms with van der Waals surface area (Å²) in [6.07, 6.45) is 0. The second-order valence-corrected chi connectivity index (χ2v) is 13.7. The molecule has 0 fully saturated rings. The highest BCUT2D eigenvalue weighted by molar-refractivity contribution is 7.92. The van der Waals surface area contributed by atoms with E-state index < -0.39 is 71.5 Å². The largest absolute Gasteiger partial charge is 0.399 e. The highest BCUT2D eigenvalue weighted by Crippen LogP contribution is 2.35. The van der Waals surface area contributed by atoms with Gasteiger partial charge in [0.25, 0.3) is 40.4 Å². The van der Waals surface area contributed by atoms with Crippen LogP contribution < -0.4 is 10.5 Å². The molecule has 4 aromatic carbocycles. The lowest BCUT2D eigenvalue weighted by molar-refractivity contribution is 0.478. The number of fused-ring (bicyclic) bond motifs is 2. The van der Waals surface area contributed by atoms with Crippen LogP contribution in [-0.4, -0.2) is 47.3 Å². The minimum atomic E-state index is -5.25. The molecular weight excluding hydrogens is 572 g/mol. The summed E-state index contributed by atoms with van der Waals surface area (Å²) < 4.78 is 128. The molecule has 0 atom stereocenters. The second kappa shape index (κ2) is 8.62. The van der Waals surface area contributed by atoms with E-state index >= 15 is 0 Å². The van der Waals surface area contributed by atoms with Gasteiger partial charge in [0.1, 0.15) is 9.79 Å². The van der Waals surface area contributed by atoms with Gasteiger partial charge < -0.3 is 5.73 Å². The third kappa shape index (κ3) is 5.37. The smallest absolute Gasteiger partial charge is 0.295 e. The summed E-state index contributed by atoms with van der Waals surface area (Å²) in [5, 5.41) is -0.278. The van der Waals surface area contributed by atoms with Gasteiger partial charge in [0.05, 0.1) is 15.5 Å². The van der Waals surface area contributed by atoms with Gasteiger partial charge in [-0.05, 0) is 59.3 Å². The van der Waals surface area contributed by atoms with E-state index in [1.54, 1.807) is 18.2 Å². The molecule has 196 valence electrons. The third-order valence-electron chi connectivity index (χ3n) is 5.22. The molecule has 37 heavy (non-hydrogen) atoms. The van der Waals surface area contributed by atoms with Crippen molar-refractivity contribution in [2.75, 3.05) is 10.5 Å². The Kier molecular flexibility index (Phi) is 6.23. The van der Waals surface area contributed by atoms with Gasteiger partial charge >= 0.3 is 0 Å². The zero-order chi connectivity index (χ0) is 27.6. The molecule has 0 aromatic heterocycles. The fourth-order valence-electron chi connectivity index (χ4n) is 3.63. The molecule has 0 aliphatic heterocycles. The predicted octanol–water partition coefficient (Wildman–Crippen LogP) is 2.12. The van der Waals surface area contributed by atoms with Crippen LogP contribution in [0.25, 0.3) is 21.5 Å². The van der Waals surface area contributed by atoms with Gasteiger partial charge in [0.2, 0.25) is 0 Å². The van der Waals surface area contributed by atoms with Crippen molar-refractivity contribution in [3.8, 4) is 0 Å². The summed E-state index contributed by atoms with van der Waals surface area (Å²) >= 11 is 0. The highest BCUT2D eigenvalue weighted by Gasteiger charge is 2.26. The van der Waals surface area contributed by atoms with E-state index in [4.69, 9.17) is 5.73 Å². The Morgan fingerprint density at radius 3 is 1.70 bits per heavy atom. The maximum atomic E-state index is 13.0. The SMILES string of the molecule is Nc1ccc2cc(S(=O)(=O)Nc3cc(S(=O)(=O)O)c4cc(S(=O)(=O)O)cc(S(=O)(=O)O)c4c3)ccc2c1. The average molecular weight is 589 g/mol. The topological polar surface area (TPSA) is 235 Å². The fraction of sp³-hybridized carbons (Fsp3) is 0. The molecule has 4 rings (SSSR count). The van der Waals surface area contributed by atoms with Gasteiger partial charge in [0, 0.05) is 16.5 Å². The van der Waals surface area contributed by atoms with E-state index in [-0.39, 0.29) is 4.90 Å². The molecule has 0 aliphatic carbocycles. The van der Waals surface area contributed by atoms with E-state index in [1.165, 1.54) is 18.2 Å². The quantitative estimate of drug-likeness (QED) is 0.161. The number of nitrogen functional groups attached to an aromatic ring is 1. The Bertz CT molecular complexity index is 2050. The van der Waals surface area contributed by atoms with Gasteiger partial charge in [-0.3, -0.25) is 18.4 Å². The maximum absolute atomic E-state index is 13.0. The van der Waals surface area contributed by atoms with Gasteiger partial charge in [0.15, 0.2) is 0 Å². The lowest BCUT2D eigenvalue weighted by Gasteiger charge is -2.14. The van der Waals surface area contributed by atoms with E-state index in [0.29, 0.717) is 34.7 Å². The Morgan fingerprint density at radius 2 is 1.11 bits per heavy atom. The number of nitrogens with one attached hydrogen (secondary N) is 1. The van der Waals surface area contributed by atoms with Crippen LogP contribution in [0.5, 0.6) is 0 Å². The molecule has 0 amide bonds. The van der Waals surface area contributed by atoms with Crippen LogP contribution in [0.4, 0.5) is 11.4 Å². The number of rotatable bonds is 6. The van der Waals surface area contributed by atoms with Crippen LogP contribution in [0.1, 0.15) is 0 Å². The number of sulfonamides is 1. The monoisotopic (exact) mass is 588 g/mol. The highest BCUT2D eigenvalue weighted by atomic mass is 32.2. The van der Waals surface area contributed by atoms with Crippen molar-refractivity contribution in [3.63, 3.8) is 0 Å². The molecular formula is C20H16N2O11S4. The Morgan fingerprint density at radius 1 is 0.568 bits per heavy atom. The van der Waals surface area contributed by atoms with Crippen molar-refractivity contribution in [2.45, 2.75) is 19.6 Å². The van der Waals surface area contributed by atoms with Gasteiger partial charge in [-0.2, -0.15) is 25.3 Å². The number of hydrogen-bond acceptors (Lipinski definition) is 9. The summed E-state index contributed by atoms with van der Waals surface area (Å²) in [4.78, 5) is -3.66. The van der Waals surface area contributed by atoms with Crippen LogP contribution >= 0.6 is 0 Å². The Balaban J connectivity index is 1.98. The summed E-state index contributed by atoms with van der Waals surface area (Å²) in [6.45, 7) is 0. The first kappa shape index (κ1) is 26.7. The molecule has 0 heterocycles. The molecule has 6 N–H and O–H groups in total. The standard InChI is InChI=1S/C20H16N2O11S4/c21-13-3-1-12-6-15(4-2-11(12)5-13)34(23,24)22-14-7-17-18(19(8-14)36(28,29)30)9-16(35(25,26)27)10-20(17)37(31,32)33/h1-10,22H,21H2,(H,25,26,27)(H,28,29,30)(H,31,32,33). The van der Waals surface area contributed by atoms with E-state index in [1.807, 2.05) is 0 Å². The molecule has 17 heteroatoms. The second-order valence-electron chi connectivity index (χ2n) is 7.79. The van der Waals surface area contributed by atoms with Crippen molar-refractivity contribution < 1.29 is 47.3 Å². The van der Waals surface area contributed by atoms with Crippen molar-refractivity contribution in [2.24, 2.45) is 0 Å². The van der Waals surface area contributed by atoms with Crippen LogP contribution in [0.3, 0.4) is 0 Å². The zero-order valence-corrected chi connectivity index (χ0v) is 21.4. The Labute approximate surface area is 210 Å². The van der Waals surface area contributed by atoms with Crippen LogP contribution in [0.2, 0.25) is 0 Å². The summed E-state index contributed by atoms with van der Waals surface area (Å²) in [5.41, 5.74) is 5.61. The van der Waals surface area contributed by atoms with Crippen LogP contribution in [0, 0.1) is 0 Å². The minimum Gasteiger partial charge on any atom is -0.399 e. The normalized spacial score (nSPS) is 13.2. The first-order chi connectivity index (χ1) is 16.9. The van der Waals surface area contributed by atoms with Gasteiger partial charge in [-0.1, -0.05) is 12.1 Å². The first-order valence-electron chi connectivity index (χ1n) is 9.73. The first-order valence-corrected chi connectivity index (χ1v) is 15.5. The van der Waals surface area contributed by atoms with Crippen LogP contribution in [0.15, 0.2) is 80.2 Å². The lowest BCUT2D eigenvalue weighted by Crippen LogP contribution is -2.14. The average Bonchev–Trinajstić information content (AvgIpc) is 2.75. The molecule has 0 saturated carbocycles. The minimum absolute atomic E-state index is 0.269. The molecule has 0 aliphatic rings. The van der Waals surface area contributed by atoms with Crippen molar-refractivity contribution >= 4 is 73.3 Å². The predicted molar refractivity (Wildman–Crippen MR) is 133 cm³/mol. The summed E-state index contributed by atoms with van der Waals surface area (Å²) in [6, 6.07) is 11.0. The summed E-state index contributed by atoms with van der Waals surface area (Å²) in [7, 11) is -20.0. The molecule has 0 bridgehead atoms. The zero-order valence-electron chi connectivity index (χ0n) is 18.1. The molecule has 13 nitrogen and oxygen atoms in total. The van der Waals surface area contributed by atoms with E-state index in [0.717, 1.165) is 6.07 Å². The van der Waals surface area contributed by atoms with Crippen LogP contribution in [-0.2, 0) is 40.4 Å². The van der Waals surface area contributed by atoms with E-state index in [9.17, 15) is 47.3 Å². The molecule has 4 aromatic rings. The fourth-order valence-corrected chi connectivity index (χ4v) is 6.76. The third-order valence-corrected chi connectivity index (χ3v) is 9.22. The molecule has 0 radical (unpaired) electrons.